The van der Waals surface area contributed by atoms with Crippen LogP contribution in [0.5, 0.6) is 5.75 Å². The number of anilines is 2. The molecule has 0 atom stereocenters. The lowest BCUT2D eigenvalue weighted by Crippen LogP contribution is -2.29. The summed E-state index contributed by atoms with van der Waals surface area (Å²) in [5, 5.41) is 3.33. The molecule has 1 fully saturated rings. The van der Waals surface area contributed by atoms with E-state index in [1.165, 1.54) is 19.3 Å². The lowest BCUT2D eigenvalue weighted by atomic mass is 10.1. The normalized spacial score (nSPS) is 14.3. The first-order valence-corrected chi connectivity index (χ1v) is 8.06. The van der Waals surface area contributed by atoms with Crippen LogP contribution in [0.2, 0.25) is 0 Å². The Kier molecular flexibility index (Phi) is 5.65. The van der Waals surface area contributed by atoms with E-state index < -0.39 is 0 Å². The number of methoxy groups -OCH3 is 1. The Morgan fingerprint density at radius 3 is 2.71 bits per heavy atom. The molecular formula is C16H28N4O. The zero-order valence-electron chi connectivity index (χ0n) is 13.7. The molecular weight excluding hydrogens is 264 g/mol. The van der Waals surface area contributed by atoms with E-state index in [-0.39, 0.29) is 0 Å². The minimum absolute atomic E-state index is 0.617. The summed E-state index contributed by atoms with van der Waals surface area (Å²) in [6, 6.07) is 0.617. The highest BCUT2D eigenvalue weighted by molar-refractivity contribution is 5.65. The van der Waals surface area contributed by atoms with Crippen LogP contribution >= 0.6 is 0 Å². The van der Waals surface area contributed by atoms with Gasteiger partial charge in [-0.25, -0.2) is 9.97 Å². The average Bonchev–Trinajstić information content (AvgIpc) is 3.29. The van der Waals surface area contributed by atoms with Gasteiger partial charge in [0.1, 0.15) is 6.33 Å². The third-order valence-electron chi connectivity index (χ3n) is 3.74. The number of hydrogen-bond donors (Lipinski definition) is 1. The molecule has 0 aliphatic heterocycles. The maximum Gasteiger partial charge on any atom is 0.204 e. The molecule has 0 radical (unpaired) electrons. The van der Waals surface area contributed by atoms with E-state index in [1.807, 2.05) is 0 Å². The second kappa shape index (κ2) is 7.48. The summed E-state index contributed by atoms with van der Waals surface area (Å²) in [5.74, 6) is 3.21. The zero-order chi connectivity index (χ0) is 15.2. The molecule has 0 saturated heterocycles. The summed E-state index contributed by atoms with van der Waals surface area (Å²) >= 11 is 0. The van der Waals surface area contributed by atoms with Gasteiger partial charge in [0.15, 0.2) is 11.6 Å². The Balaban J connectivity index is 2.22. The Bertz CT molecular complexity index is 446. The topological polar surface area (TPSA) is 50.3 Å². The first kappa shape index (κ1) is 15.9. The molecule has 5 nitrogen and oxygen atoms in total. The molecule has 1 N–H and O–H groups in total. The van der Waals surface area contributed by atoms with Gasteiger partial charge in [0.05, 0.1) is 7.11 Å². The number of ether oxygens (including phenoxy) is 1. The van der Waals surface area contributed by atoms with Crippen LogP contribution in [0.4, 0.5) is 11.6 Å². The second-order valence-corrected chi connectivity index (χ2v) is 6.11. The van der Waals surface area contributed by atoms with Crippen molar-refractivity contribution in [3.8, 4) is 5.75 Å². The molecule has 1 aromatic heterocycles. The summed E-state index contributed by atoms with van der Waals surface area (Å²) in [4.78, 5) is 11.2. The maximum absolute atomic E-state index is 5.61. The molecule has 21 heavy (non-hydrogen) atoms. The van der Waals surface area contributed by atoms with E-state index >= 15 is 0 Å². The van der Waals surface area contributed by atoms with E-state index in [4.69, 9.17) is 4.74 Å². The van der Waals surface area contributed by atoms with Gasteiger partial charge in [-0.05, 0) is 31.6 Å². The molecule has 0 unspecified atom stereocenters. The largest absolute Gasteiger partial charge is 0.490 e. The van der Waals surface area contributed by atoms with E-state index in [0.717, 1.165) is 36.9 Å². The van der Waals surface area contributed by atoms with Gasteiger partial charge < -0.3 is 15.0 Å². The van der Waals surface area contributed by atoms with E-state index in [1.54, 1.807) is 13.4 Å². The van der Waals surface area contributed by atoms with E-state index in [2.05, 4.69) is 41.0 Å². The third kappa shape index (κ3) is 4.22. The Labute approximate surface area is 128 Å². The monoisotopic (exact) mass is 292 g/mol. The Hall–Kier alpha value is -1.52. The Morgan fingerprint density at radius 1 is 1.38 bits per heavy atom. The summed E-state index contributed by atoms with van der Waals surface area (Å²) in [7, 11) is 1.70. The van der Waals surface area contributed by atoms with Crippen LogP contribution in [0.3, 0.4) is 0 Å². The number of hydrogen-bond acceptors (Lipinski definition) is 5. The molecule has 1 aromatic rings. The van der Waals surface area contributed by atoms with Gasteiger partial charge in [0.25, 0.3) is 0 Å². The minimum atomic E-state index is 0.617. The predicted molar refractivity (Wildman–Crippen MR) is 87.2 cm³/mol. The number of nitrogens with one attached hydrogen (secondary N) is 1. The molecule has 1 aliphatic rings. The second-order valence-electron chi connectivity index (χ2n) is 6.11. The highest BCUT2D eigenvalue weighted by atomic mass is 16.5. The van der Waals surface area contributed by atoms with Crippen molar-refractivity contribution in [3.63, 3.8) is 0 Å². The smallest absolute Gasteiger partial charge is 0.204 e. The van der Waals surface area contributed by atoms with Crippen LogP contribution in [0.25, 0.3) is 0 Å². The lowest BCUT2D eigenvalue weighted by Gasteiger charge is -2.26. The highest BCUT2D eigenvalue weighted by Gasteiger charge is 2.32. The van der Waals surface area contributed by atoms with Crippen LogP contribution in [-0.4, -0.2) is 36.2 Å². The minimum Gasteiger partial charge on any atom is -0.490 e. The predicted octanol–water partition coefficient (Wildman–Crippen LogP) is 3.32. The molecule has 0 spiro atoms. The first-order chi connectivity index (χ1) is 10.2. The number of rotatable bonds is 9. The first-order valence-electron chi connectivity index (χ1n) is 8.06. The third-order valence-corrected chi connectivity index (χ3v) is 3.74. The van der Waals surface area contributed by atoms with E-state index in [0.29, 0.717) is 12.0 Å². The zero-order valence-corrected chi connectivity index (χ0v) is 13.7. The van der Waals surface area contributed by atoms with Crippen molar-refractivity contribution < 1.29 is 4.74 Å². The highest BCUT2D eigenvalue weighted by Crippen LogP contribution is 2.38. The van der Waals surface area contributed by atoms with Crippen LogP contribution in [0, 0.1) is 5.92 Å². The molecule has 1 saturated carbocycles. The van der Waals surface area contributed by atoms with Crippen molar-refractivity contribution in [2.24, 2.45) is 5.92 Å². The fourth-order valence-corrected chi connectivity index (χ4v) is 2.37. The Morgan fingerprint density at radius 2 is 2.14 bits per heavy atom. The van der Waals surface area contributed by atoms with Crippen LogP contribution in [0.1, 0.15) is 46.5 Å². The fraction of sp³-hybridized carbons (Fsp3) is 0.750. The molecule has 0 amide bonds. The molecule has 118 valence electrons. The van der Waals surface area contributed by atoms with Crippen LogP contribution < -0.4 is 15.0 Å². The SMILES string of the molecule is CCCNc1ncnc(N(CCC(C)C)C2CC2)c1OC. The average molecular weight is 292 g/mol. The van der Waals surface area contributed by atoms with Gasteiger partial charge >= 0.3 is 0 Å². The van der Waals surface area contributed by atoms with Crippen molar-refractivity contribution in [2.45, 2.75) is 52.5 Å². The lowest BCUT2D eigenvalue weighted by molar-refractivity contribution is 0.411. The molecule has 1 aliphatic carbocycles. The standard InChI is InChI=1S/C16H28N4O/c1-5-9-17-15-14(21-4)16(19-11-18-15)20(13-6-7-13)10-8-12(2)3/h11-13H,5-10H2,1-4H3,(H,17,18,19). The van der Waals surface area contributed by atoms with Crippen molar-refractivity contribution in [3.05, 3.63) is 6.33 Å². The molecule has 0 aromatic carbocycles. The summed E-state index contributed by atoms with van der Waals surface area (Å²) < 4.78 is 5.61. The number of nitrogens with zero attached hydrogens (tertiary/aromatic N) is 3. The van der Waals surface area contributed by atoms with Crippen molar-refractivity contribution in [2.75, 3.05) is 30.4 Å². The molecule has 0 bridgehead atoms. The fourth-order valence-electron chi connectivity index (χ4n) is 2.37. The van der Waals surface area contributed by atoms with Crippen molar-refractivity contribution in [1.82, 2.24) is 9.97 Å². The van der Waals surface area contributed by atoms with Crippen LogP contribution in [0.15, 0.2) is 6.33 Å². The van der Waals surface area contributed by atoms with Crippen LogP contribution in [-0.2, 0) is 0 Å². The van der Waals surface area contributed by atoms with Gasteiger partial charge in [-0.1, -0.05) is 20.8 Å². The molecule has 2 rings (SSSR count). The van der Waals surface area contributed by atoms with E-state index in [9.17, 15) is 0 Å². The van der Waals surface area contributed by atoms with Gasteiger partial charge in [-0.15, -0.1) is 0 Å². The number of aromatic nitrogens is 2. The maximum atomic E-state index is 5.61. The van der Waals surface area contributed by atoms with Gasteiger partial charge in [-0.2, -0.15) is 0 Å². The quantitative estimate of drug-likeness (QED) is 0.756. The summed E-state index contributed by atoms with van der Waals surface area (Å²) in [5.41, 5.74) is 0. The van der Waals surface area contributed by atoms with Gasteiger partial charge in [0, 0.05) is 19.1 Å². The summed E-state index contributed by atoms with van der Waals surface area (Å²) in [6.07, 6.45) is 6.37. The summed E-state index contributed by atoms with van der Waals surface area (Å²) in [6.45, 7) is 8.58. The molecule has 1 heterocycles. The van der Waals surface area contributed by atoms with Gasteiger partial charge in [0.2, 0.25) is 5.75 Å². The molecule has 5 heteroatoms. The van der Waals surface area contributed by atoms with Crippen molar-refractivity contribution >= 4 is 11.6 Å². The van der Waals surface area contributed by atoms with Gasteiger partial charge in [-0.3, -0.25) is 0 Å². The van der Waals surface area contributed by atoms with Crippen molar-refractivity contribution in [1.29, 1.82) is 0 Å².